The van der Waals surface area contributed by atoms with Crippen LogP contribution in [-0.4, -0.2) is 41.2 Å². The molecule has 9 heteroatoms. The normalized spacial score (nSPS) is 19.0. The number of carbonyl (C=O) groups is 3. The number of amides is 4. The zero-order valence-electron chi connectivity index (χ0n) is 16.4. The molecular weight excluding hydrogens is 399 g/mol. The maximum absolute atomic E-state index is 13.0. The van der Waals surface area contributed by atoms with Gasteiger partial charge in [0, 0.05) is 13.6 Å². The number of carbonyl (C=O) groups excluding carboxylic acids is 3. The second kappa shape index (κ2) is 7.81. The molecule has 3 rings (SSSR count). The number of hydrogen-bond donors (Lipinski definition) is 1. The van der Waals surface area contributed by atoms with E-state index < -0.39 is 41.7 Å². The molecule has 1 heterocycles. The fraction of sp³-hybridized carbons (Fsp3) is 0.286. The van der Waals surface area contributed by atoms with E-state index in [0.29, 0.717) is 0 Å². The summed E-state index contributed by atoms with van der Waals surface area (Å²) < 4.78 is 39.1. The zero-order chi connectivity index (χ0) is 22.1. The van der Waals surface area contributed by atoms with Crippen LogP contribution in [0.15, 0.2) is 54.6 Å². The van der Waals surface area contributed by atoms with E-state index in [2.05, 4.69) is 5.32 Å². The number of imide groups is 1. The molecule has 1 aliphatic rings. The highest BCUT2D eigenvalue weighted by Gasteiger charge is 2.50. The number of halogens is 3. The summed E-state index contributed by atoms with van der Waals surface area (Å²) in [4.78, 5) is 39.9. The Balaban J connectivity index is 1.76. The molecule has 1 saturated heterocycles. The van der Waals surface area contributed by atoms with Crippen molar-refractivity contribution in [3.63, 3.8) is 0 Å². The van der Waals surface area contributed by atoms with E-state index in [4.69, 9.17) is 0 Å². The van der Waals surface area contributed by atoms with Crippen LogP contribution in [0.25, 0.3) is 0 Å². The molecule has 6 nitrogen and oxygen atoms in total. The molecule has 0 bridgehead atoms. The molecule has 1 atom stereocenters. The van der Waals surface area contributed by atoms with Crippen molar-refractivity contribution in [2.24, 2.45) is 0 Å². The van der Waals surface area contributed by atoms with Crippen LogP contribution in [0.1, 0.15) is 23.6 Å². The van der Waals surface area contributed by atoms with E-state index in [0.717, 1.165) is 22.6 Å². The fourth-order valence-electron chi connectivity index (χ4n) is 3.24. The Bertz CT molecular complexity index is 978. The molecule has 1 fully saturated rings. The third-order valence-corrected chi connectivity index (χ3v) is 5.02. The third-order valence-electron chi connectivity index (χ3n) is 5.02. The second-order valence-corrected chi connectivity index (χ2v) is 7.26. The number of benzene rings is 2. The first-order chi connectivity index (χ1) is 14.0. The molecule has 0 radical (unpaired) electrons. The number of urea groups is 1. The Hall–Kier alpha value is -3.36. The number of alkyl halides is 3. The Morgan fingerprint density at radius 2 is 1.77 bits per heavy atom. The highest BCUT2D eigenvalue weighted by atomic mass is 19.4. The topological polar surface area (TPSA) is 69.7 Å². The van der Waals surface area contributed by atoms with Crippen LogP contribution < -0.4 is 5.32 Å². The molecule has 30 heavy (non-hydrogen) atoms. The highest BCUT2D eigenvalue weighted by molar-refractivity contribution is 6.09. The predicted octanol–water partition coefficient (Wildman–Crippen LogP) is 3.13. The van der Waals surface area contributed by atoms with Gasteiger partial charge in [0.15, 0.2) is 0 Å². The van der Waals surface area contributed by atoms with E-state index in [1.54, 1.807) is 7.05 Å². The van der Waals surface area contributed by atoms with E-state index in [-0.39, 0.29) is 12.1 Å². The quantitative estimate of drug-likeness (QED) is 0.757. The van der Waals surface area contributed by atoms with Gasteiger partial charge in [-0.05, 0) is 30.2 Å². The van der Waals surface area contributed by atoms with Gasteiger partial charge in [0.1, 0.15) is 12.1 Å². The maximum atomic E-state index is 13.0. The van der Waals surface area contributed by atoms with Gasteiger partial charge in [-0.2, -0.15) is 13.2 Å². The molecule has 2 aromatic rings. The number of likely N-dealkylation sites (N-methyl/N-ethyl adjacent to an activating group) is 1. The molecule has 4 amide bonds. The predicted molar refractivity (Wildman–Crippen MR) is 102 cm³/mol. The van der Waals surface area contributed by atoms with Crippen molar-refractivity contribution < 1.29 is 27.6 Å². The summed E-state index contributed by atoms with van der Waals surface area (Å²) in [6.45, 7) is 1.09. The van der Waals surface area contributed by atoms with Crippen LogP contribution in [0.2, 0.25) is 0 Å². The maximum Gasteiger partial charge on any atom is 0.416 e. The minimum atomic E-state index is -4.59. The van der Waals surface area contributed by atoms with E-state index >= 15 is 0 Å². The Kier molecular flexibility index (Phi) is 5.56. The summed E-state index contributed by atoms with van der Waals surface area (Å²) in [5, 5.41) is 2.42. The van der Waals surface area contributed by atoms with Gasteiger partial charge < -0.3 is 10.2 Å². The Morgan fingerprint density at radius 3 is 2.40 bits per heavy atom. The van der Waals surface area contributed by atoms with Gasteiger partial charge in [-0.3, -0.25) is 14.5 Å². The van der Waals surface area contributed by atoms with Gasteiger partial charge in [0.2, 0.25) is 5.91 Å². The van der Waals surface area contributed by atoms with Crippen molar-refractivity contribution in [1.29, 1.82) is 0 Å². The average Bonchev–Trinajstić information content (AvgIpc) is 2.92. The largest absolute Gasteiger partial charge is 0.416 e. The van der Waals surface area contributed by atoms with Gasteiger partial charge >= 0.3 is 12.2 Å². The summed E-state index contributed by atoms with van der Waals surface area (Å²) in [6, 6.07) is 12.5. The first kappa shape index (κ1) is 21.4. The van der Waals surface area contributed by atoms with Crippen molar-refractivity contribution in [2.75, 3.05) is 13.6 Å². The van der Waals surface area contributed by atoms with Crippen LogP contribution in [0.5, 0.6) is 0 Å². The first-order valence-electron chi connectivity index (χ1n) is 9.12. The second-order valence-electron chi connectivity index (χ2n) is 7.26. The molecule has 158 valence electrons. The number of nitrogens with zero attached hydrogens (tertiary/aromatic N) is 2. The van der Waals surface area contributed by atoms with Crippen LogP contribution in [0, 0.1) is 0 Å². The third kappa shape index (κ3) is 4.14. The lowest BCUT2D eigenvalue weighted by Crippen LogP contribution is -2.43. The summed E-state index contributed by atoms with van der Waals surface area (Å²) in [7, 11) is 1.54. The van der Waals surface area contributed by atoms with Crippen molar-refractivity contribution >= 4 is 17.8 Å². The van der Waals surface area contributed by atoms with E-state index in [1.807, 2.05) is 30.3 Å². The van der Waals surface area contributed by atoms with Crippen molar-refractivity contribution in [2.45, 2.75) is 25.2 Å². The highest BCUT2D eigenvalue weighted by Crippen LogP contribution is 2.34. The minimum absolute atomic E-state index is 0.0109. The summed E-state index contributed by atoms with van der Waals surface area (Å²) >= 11 is 0. The monoisotopic (exact) mass is 419 g/mol. The van der Waals surface area contributed by atoms with Crippen molar-refractivity contribution in [3.8, 4) is 0 Å². The van der Waals surface area contributed by atoms with Crippen LogP contribution in [0.3, 0.4) is 0 Å². The fourth-order valence-corrected chi connectivity index (χ4v) is 3.24. The van der Waals surface area contributed by atoms with E-state index in [9.17, 15) is 27.6 Å². The lowest BCUT2D eigenvalue weighted by Gasteiger charge is -2.24. The smallest absolute Gasteiger partial charge is 0.340 e. The van der Waals surface area contributed by atoms with Gasteiger partial charge in [0.05, 0.1) is 5.56 Å². The van der Waals surface area contributed by atoms with Gasteiger partial charge in [-0.15, -0.1) is 0 Å². The SMILES string of the molecule is CN(Cc1ccccc1)C(=O)CN1C(=O)N[C@@](C)(c2cccc(C(F)(F)F)c2)C1=O. The van der Waals surface area contributed by atoms with E-state index in [1.165, 1.54) is 24.0 Å². The molecule has 0 aromatic heterocycles. The van der Waals surface area contributed by atoms with Gasteiger partial charge in [-0.1, -0.05) is 42.5 Å². The molecule has 1 N–H and O–H groups in total. The standard InChI is InChI=1S/C21H20F3N3O3/c1-20(15-9-6-10-16(11-15)21(22,23)24)18(29)27(19(30)25-20)13-17(28)26(2)12-14-7-4-3-5-8-14/h3-11H,12-13H2,1-2H3,(H,25,30)/t20-/m0/s1. The van der Waals surface area contributed by atoms with Crippen LogP contribution >= 0.6 is 0 Å². The molecule has 0 aliphatic carbocycles. The number of hydrogen-bond acceptors (Lipinski definition) is 3. The minimum Gasteiger partial charge on any atom is -0.340 e. The summed E-state index contributed by atoms with van der Waals surface area (Å²) in [6.07, 6.45) is -4.59. The molecule has 2 aromatic carbocycles. The van der Waals surface area contributed by atoms with Crippen LogP contribution in [0.4, 0.5) is 18.0 Å². The summed E-state index contributed by atoms with van der Waals surface area (Å²) in [5.41, 5.74) is -1.76. The van der Waals surface area contributed by atoms with Gasteiger partial charge in [0.25, 0.3) is 5.91 Å². The molecule has 0 spiro atoms. The average molecular weight is 419 g/mol. The van der Waals surface area contributed by atoms with Crippen molar-refractivity contribution in [3.05, 3.63) is 71.3 Å². The van der Waals surface area contributed by atoms with Crippen LogP contribution in [-0.2, 0) is 27.8 Å². The summed E-state index contributed by atoms with van der Waals surface area (Å²) in [5.74, 6) is -1.26. The molecule has 0 saturated carbocycles. The zero-order valence-corrected chi connectivity index (χ0v) is 16.4. The first-order valence-corrected chi connectivity index (χ1v) is 9.12. The lowest BCUT2D eigenvalue weighted by molar-refractivity contribution is -0.139. The number of rotatable bonds is 5. The van der Waals surface area contributed by atoms with Gasteiger partial charge in [-0.25, -0.2) is 4.79 Å². The Labute approximate surface area is 171 Å². The Morgan fingerprint density at radius 1 is 1.10 bits per heavy atom. The van der Waals surface area contributed by atoms with Crippen molar-refractivity contribution in [1.82, 2.24) is 15.1 Å². The molecule has 0 unspecified atom stereocenters. The lowest BCUT2D eigenvalue weighted by atomic mass is 9.90. The molecule has 1 aliphatic heterocycles. The number of nitrogens with one attached hydrogen (secondary N) is 1. The molecular formula is C21H20F3N3O3.